The van der Waals surface area contributed by atoms with Crippen molar-refractivity contribution in [3.05, 3.63) is 29.3 Å². The van der Waals surface area contributed by atoms with Crippen LogP contribution in [-0.2, 0) is 11.0 Å². The Morgan fingerprint density at radius 1 is 1.40 bits per heavy atom. The highest BCUT2D eigenvalue weighted by Gasteiger charge is 2.34. The van der Waals surface area contributed by atoms with Gasteiger partial charge in [0.15, 0.2) is 0 Å². The molecule has 1 aromatic rings. The predicted molar refractivity (Wildman–Crippen MR) is 65.0 cm³/mol. The van der Waals surface area contributed by atoms with E-state index in [1.54, 1.807) is 20.2 Å². The van der Waals surface area contributed by atoms with Gasteiger partial charge in [0.25, 0.3) is 0 Å². The lowest BCUT2D eigenvalue weighted by atomic mass is 10.1. The van der Waals surface area contributed by atoms with Gasteiger partial charge in [0.1, 0.15) is 5.75 Å². The Kier molecular flexibility index (Phi) is 4.97. The first-order valence-corrected chi connectivity index (χ1v) is 5.70. The lowest BCUT2D eigenvalue weighted by Gasteiger charge is -2.15. The molecule has 7 heteroatoms. The molecule has 1 amide bonds. The molecule has 0 bridgehead atoms. The van der Waals surface area contributed by atoms with E-state index in [0.717, 1.165) is 12.1 Å². The molecule has 0 aromatic heterocycles. The Morgan fingerprint density at radius 2 is 2.05 bits per heavy atom. The Morgan fingerprint density at radius 3 is 2.55 bits per heavy atom. The Bertz CT molecular complexity index is 533. The quantitative estimate of drug-likeness (QED) is 0.854. The van der Waals surface area contributed by atoms with E-state index in [1.807, 2.05) is 0 Å². The van der Waals surface area contributed by atoms with Crippen molar-refractivity contribution < 1.29 is 22.7 Å². The predicted octanol–water partition coefficient (Wildman–Crippen LogP) is 2.43. The number of alkyl halides is 3. The second kappa shape index (κ2) is 6.28. The highest BCUT2D eigenvalue weighted by Crippen LogP contribution is 2.36. The lowest BCUT2D eigenvalue weighted by Crippen LogP contribution is -2.23. The summed E-state index contributed by atoms with van der Waals surface area (Å²) in [5.41, 5.74) is -1.12. The number of rotatable bonds is 4. The van der Waals surface area contributed by atoms with Gasteiger partial charge in [-0.3, -0.25) is 4.79 Å². The summed E-state index contributed by atoms with van der Waals surface area (Å²) in [5, 5.41) is 8.62. The van der Waals surface area contributed by atoms with Crippen molar-refractivity contribution in [1.82, 2.24) is 4.90 Å². The highest BCUT2D eigenvalue weighted by molar-refractivity contribution is 5.75. The van der Waals surface area contributed by atoms with E-state index >= 15 is 0 Å². The molecule has 0 aliphatic carbocycles. The van der Waals surface area contributed by atoms with Gasteiger partial charge < -0.3 is 9.64 Å². The van der Waals surface area contributed by atoms with Gasteiger partial charge in [0.2, 0.25) is 5.91 Å². The van der Waals surface area contributed by atoms with Crippen LogP contribution in [0.2, 0.25) is 0 Å². The fourth-order valence-electron chi connectivity index (χ4n) is 1.42. The van der Waals surface area contributed by atoms with Gasteiger partial charge in [-0.25, -0.2) is 0 Å². The molecule has 0 heterocycles. The maximum Gasteiger partial charge on any atom is 0.420 e. The molecule has 0 spiro atoms. The molecule has 1 aromatic carbocycles. The van der Waals surface area contributed by atoms with Crippen molar-refractivity contribution in [2.75, 3.05) is 20.7 Å². The molecule has 0 unspecified atom stereocenters. The van der Waals surface area contributed by atoms with Crippen LogP contribution in [0.25, 0.3) is 0 Å². The van der Waals surface area contributed by atoms with Crippen molar-refractivity contribution in [2.24, 2.45) is 0 Å². The number of hydrogen-bond donors (Lipinski definition) is 0. The summed E-state index contributed by atoms with van der Waals surface area (Å²) in [6.45, 7) is -0.161. The van der Waals surface area contributed by atoms with Crippen LogP contribution in [0.5, 0.6) is 5.75 Å². The van der Waals surface area contributed by atoms with E-state index in [4.69, 9.17) is 10.00 Å². The third-order valence-corrected chi connectivity index (χ3v) is 2.49. The summed E-state index contributed by atoms with van der Waals surface area (Å²) >= 11 is 0. The molecular formula is C13H13F3N2O2. The van der Waals surface area contributed by atoms with Crippen molar-refractivity contribution in [3.8, 4) is 11.8 Å². The number of hydrogen-bond acceptors (Lipinski definition) is 3. The minimum absolute atomic E-state index is 0.0235. The Balaban J connectivity index is 2.85. The van der Waals surface area contributed by atoms with Gasteiger partial charge in [-0.15, -0.1) is 0 Å². The lowest BCUT2D eigenvalue weighted by molar-refractivity contribution is -0.139. The van der Waals surface area contributed by atoms with Crippen LogP contribution < -0.4 is 4.74 Å². The number of halogens is 3. The molecule has 0 saturated carbocycles. The van der Waals surface area contributed by atoms with Crippen molar-refractivity contribution in [3.63, 3.8) is 0 Å². The third kappa shape index (κ3) is 4.16. The van der Waals surface area contributed by atoms with E-state index in [1.165, 1.54) is 11.0 Å². The fraction of sp³-hybridized carbons (Fsp3) is 0.385. The van der Waals surface area contributed by atoms with Gasteiger partial charge in [-0.05, 0) is 18.2 Å². The molecular weight excluding hydrogens is 273 g/mol. The number of nitriles is 1. The molecule has 1 rings (SSSR count). The van der Waals surface area contributed by atoms with Crippen LogP contribution >= 0.6 is 0 Å². The molecule has 108 valence electrons. The standard InChI is InChI=1S/C13H13F3N2O2/c1-18(2)12(19)5-6-20-11-4-3-9(8-17)7-10(11)13(14,15)16/h3-4,7H,5-6H2,1-2H3. The summed E-state index contributed by atoms with van der Waals surface area (Å²) in [7, 11) is 3.09. The van der Waals surface area contributed by atoms with Crippen LogP contribution in [0, 0.1) is 11.3 Å². The maximum atomic E-state index is 12.8. The monoisotopic (exact) mass is 286 g/mol. The number of carbonyl (C=O) groups excluding carboxylic acids is 1. The third-order valence-electron chi connectivity index (χ3n) is 2.49. The van der Waals surface area contributed by atoms with Gasteiger partial charge in [-0.1, -0.05) is 0 Å². The van der Waals surface area contributed by atoms with Gasteiger partial charge in [0, 0.05) is 14.1 Å². The fourth-order valence-corrected chi connectivity index (χ4v) is 1.42. The second-order valence-corrected chi connectivity index (χ2v) is 4.21. The highest BCUT2D eigenvalue weighted by atomic mass is 19.4. The van der Waals surface area contributed by atoms with Crippen LogP contribution in [0.15, 0.2) is 18.2 Å². The molecule has 0 aliphatic heterocycles. The smallest absolute Gasteiger partial charge is 0.420 e. The van der Waals surface area contributed by atoms with E-state index < -0.39 is 11.7 Å². The molecule has 4 nitrogen and oxygen atoms in total. The summed E-state index contributed by atoms with van der Waals surface area (Å²) in [6, 6.07) is 4.68. The largest absolute Gasteiger partial charge is 0.492 e. The Labute approximate surface area is 114 Å². The van der Waals surface area contributed by atoms with Gasteiger partial charge in [-0.2, -0.15) is 18.4 Å². The van der Waals surface area contributed by atoms with Gasteiger partial charge in [0.05, 0.1) is 30.2 Å². The van der Waals surface area contributed by atoms with Crippen LogP contribution in [0.1, 0.15) is 17.5 Å². The SMILES string of the molecule is CN(C)C(=O)CCOc1ccc(C#N)cc1C(F)(F)F. The normalized spacial score (nSPS) is 10.8. The molecule has 0 N–H and O–H groups in total. The molecule has 0 saturated heterocycles. The maximum absolute atomic E-state index is 12.8. The van der Waals surface area contributed by atoms with Gasteiger partial charge >= 0.3 is 6.18 Å². The molecule has 0 fully saturated rings. The summed E-state index contributed by atoms with van der Waals surface area (Å²) < 4.78 is 43.4. The minimum atomic E-state index is -4.62. The van der Waals surface area contributed by atoms with Crippen molar-refractivity contribution in [1.29, 1.82) is 5.26 Å². The first-order chi connectivity index (χ1) is 9.25. The van der Waals surface area contributed by atoms with Crippen LogP contribution in [-0.4, -0.2) is 31.5 Å². The molecule has 0 radical (unpaired) electrons. The first kappa shape index (κ1) is 15.8. The van der Waals surface area contributed by atoms with E-state index in [2.05, 4.69) is 0 Å². The number of amides is 1. The second-order valence-electron chi connectivity index (χ2n) is 4.21. The Hall–Kier alpha value is -2.23. The summed E-state index contributed by atoms with van der Waals surface area (Å²) in [5.74, 6) is -0.629. The topological polar surface area (TPSA) is 53.3 Å². The van der Waals surface area contributed by atoms with Crippen molar-refractivity contribution >= 4 is 5.91 Å². The first-order valence-electron chi connectivity index (χ1n) is 5.70. The zero-order valence-electron chi connectivity index (χ0n) is 11.0. The van der Waals surface area contributed by atoms with E-state index in [0.29, 0.717) is 0 Å². The van der Waals surface area contributed by atoms with Crippen molar-refractivity contribution in [2.45, 2.75) is 12.6 Å². The zero-order chi connectivity index (χ0) is 15.3. The number of nitrogens with zero attached hydrogens (tertiary/aromatic N) is 2. The average molecular weight is 286 g/mol. The van der Waals surface area contributed by atoms with E-state index in [9.17, 15) is 18.0 Å². The number of carbonyl (C=O) groups is 1. The zero-order valence-corrected chi connectivity index (χ0v) is 11.0. The average Bonchev–Trinajstić information content (AvgIpc) is 2.37. The molecule has 20 heavy (non-hydrogen) atoms. The van der Waals surface area contributed by atoms with Crippen LogP contribution in [0.3, 0.4) is 0 Å². The van der Waals surface area contributed by atoms with Crippen LogP contribution in [0.4, 0.5) is 13.2 Å². The number of benzene rings is 1. The van der Waals surface area contributed by atoms with E-state index in [-0.39, 0.29) is 30.2 Å². The molecule has 0 aliphatic rings. The summed E-state index contributed by atoms with van der Waals surface area (Å²) in [4.78, 5) is 12.6. The summed E-state index contributed by atoms with van der Waals surface area (Å²) in [6.07, 6.45) is -4.64. The number of ether oxygens (including phenoxy) is 1. The molecule has 0 atom stereocenters. The minimum Gasteiger partial charge on any atom is -0.492 e.